The maximum absolute atomic E-state index is 14.0. The van der Waals surface area contributed by atoms with E-state index in [-0.39, 0.29) is 19.6 Å². The maximum atomic E-state index is 14.0. The van der Waals surface area contributed by atoms with Crippen LogP contribution in [-0.4, -0.2) is 121 Å². The van der Waals surface area contributed by atoms with E-state index in [9.17, 15) is 29.4 Å². The minimum absolute atomic E-state index is 0.144. The van der Waals surface area contributed by atoms with E-state index in [0.717, 1.165) is 0 Å². The van der Waals surface area contributed by atoms with Gasteiger partial charge in [-0.3, -0.25) is 14.4 Å². The Hall–Kier alpha value is -2.82. The SMILES string of the molecule is COC(=O)[C@H]1OC[C@@]23[C@@H](OC(C)=O)C[C@@H](OC(C)=O)[C@@]4(C(=O)OC)CO[C@@H]([C@@H](O)[C@@](C)([C@]56O[C@@]5(C)[C@H]5C[C@@H]6O[C@@H]6OC=C[C@@]65O)[C@H]12)[C@@H]43. The molecule has 5 aliphatic heterocycles. The molecular weight excluding hydrogens is 624 g/mol. The Morgan fingerprint density at radius 3 is 2.28 bits per heavy atom. The van der Waals surface area contributed by atoms with E-state index >= 15 is 0 Å². The maximum Gasteiger partial charge on any atom is 0.335 e. The zero-order valence-electron chi connectivity index (χ0n) is 27.0. The number of esters is 4. The molecule has 8 aliphatic rings. The largest absolute Gasteiger partial charge is 0.469 e. The lowest BCUT2D eigenvalue weighted by atomic mass is 9.38. The lowest BCUT2D eigenvalue weighted by Crippen LogP contribution is -2.77. The van der Waals surface area contributed by atoms with Gasteiger partial charge in [0.2, 0.25) is 6.29 Å². The van der Waals surface area contributed by atoms with Crippen molar-refractivity contribution < 1.29 is 72.0 Å². The molecule has 47 heavy (non-hydrogen) atoms. The van der Waals surface area contributed by atoms with Crippen LogP contribution in [0.15, 0.2) is 12.3 Å². The number of ether oxygens (including phenoxy) is 9. The Balaban J connectivity index is 1.37. The highest BCUT2D eigenvalue weighted by Gasteiger charge is 2.95. The third-order valence-electron chi connectivity index (χ3n) is 13.4. The molecule has 0 aromatic rings. The van der Waals surface area contributed by atoms with E-state index in [0.29, 0.717) is 6.42 Å². The molecule has 2 N–H and O–H groups in total. The van der Waals surface area contributed by atoms with Crippen molar-refractivity contribution in [3.63, 3.8) is 0 Å². The first-order valence-corrected chi connectivity index (χ1v) is 16.0. The molecule has 7 fully saturated rings. The number of rotatable bonds is 5. The van der Waals surface area contributed by atoms with Crippen LogP contribution in [-0.2, 0) is 61.8 Å². The van der Waals surface area contributed by atoms with Gasteiger partial charge in [0, 0.05) is 48.9 Å². The van der Waals surface area contributed by atoms with Crippen molar-refractivity contribution in [2.24, 2.45) is 34.0 Å². The summed E-state index contributed by atoms with van der Waals surface area (Å²) in [6.45, 7) is 5.58. The Kier molecular flexibility index (Phi) is 6.32. The molecule has 16 atom stereocenters. The number of hydrogen-bond acceptors (Lipinski definition) is 15. The van der Waals surface area contributed by atoms with Gasteiger partial charge in [-0.25, -0.2) is 4.79 Å². The molecule has 0 amide bonds. The molecule has 0 radical (unpaired) electrons. The summed E-state index contributed by atoms with van der Waals surface area (Å²) in [6.07, 6.45) is -4.72. The van der Waals surface area contributed by atoms with Gasteiger partial charge in [0.25, 0.3) is 0 Å². The molecule has 15 nitrogen and oxygen atoms in total. The third kappa shape index (κ3) is 3.25. The Morgan fingerprint density at radius 2 is 1.62 bits per heavy atom. The summed E-state index contributed by atoms with van der Waals surface area (Å²) in [4.78, 5) is 53.0. The van der Waals surface area contributed by atoms with Crippen LogP contribution in [0, 0.1) is 34.0 Å². The van der Waals surface area contributed by atoms with Gasteiger partial charge in [-0.15, -0.1) is 0 Å². The van der Waals surface area contributed by atoms with E-state index in [2.05, 4.69) is 0 Å². The van der Waals surface area contributed by atoms with Crippen molar-refractivity contribution in [2.75, 3.05) is 27.4 Å². The van der Waals surface area contributed by atoms with Crippen LogP contribution in [0.4, 0.5) is 0 Å². The van der Waals surface area contributed by atoms with E-state index in [4.69, 9.17) is 42.6 Å². The number of methoxy groups -OCH3 is 2. The summed E-state index contributed by atoms with van der Waals surface area (Å²) in [5.41, 5.74) is -8.47. The van der Waals surface area contributed by atoms with Crippen molar-refractivity contribution in [3.8, 4) is 0 Å². The van der Waals surface area contributed by atoms with Crippen LogP contribution in [0.1, 0.15) is 40.5 Å². The first-order chi connectivity index (χ1) is 22.1. The fourth-order valence-electron chi connectivity index (χ4n) is 11.9. The van der Waals surface area contributed by atoms with Crippen molar-refractivity contribution in [2.45, 2.75) is 100 Å². The van der Waals surface area contributed by atoms with Crippen LogP contribution < -0.4 is 0 Å². The molecule has 0 unspecified atom stereocenters. The number of carbonyl (C=O) groups excluding carboxylic acids is 4. The van der Waals surface area contributed by atoms with Gasteiger partial charge < -0.3 is 52.8 Å². The molecule has 3 aliphatic carbocycles. The Labute approximate surface area is 270 Å². The predicted molar refractivity (Wildman–Crippen MR) is 149 cm³/mol. The van der Waals surface area contributed by atoms with Gasteiger partial charge in [-0.1, -0.05) is 6.92 Å². The molecule has 0 aromatic carbocycles. The molecule has 0 aromatic heterocycles. The zero-order valence-corrected chi connectivity index (χ0v) is 27.0. The average Bonchev–Trinajstić information content (AvgIpc) is 3.45. The number of carbonyl (C=O) groups is 4. The normalized spacial score (nSPS) is 55.5. The number of aliphatic hydroxyl groups is 2. The van der Waals surface area contributed by atoms with Gasteiger partial charge in [0.05, 0.1) is 52.0 Å². The second-order valence-electron chi connectivity index (χ2n) is 14.8. The lowest BCUT2D eigenvalue weighted by molar-refractivity contribution is -0.296. The lowest BCUT2D eigenvalue weighted by Gasteiger charge is -2.65. The molecule has 4 saturated heterocycles. The minimum atomic E-state index is -1.66. The fraction of sp³-hybridized carbons (Fsp3) is 0.812. The van der Waals surface area contributed by atoms with Crippen molar-refractivity contribution in [1.29, 1.82) is 0 Å². The van der Waals surface area contributed by atoms with Gasteiger partial charge in [-0.2, -0.15) is 0 Å². The Morgan fingerprint density at radius 1 is 0.915 bits per heavy atom. The molecular formula is C32H40O15. The van der Waals surface area contributed by atoms with Crippen LogP contribution in [0.25, 0.3) is 0 Å². The number of hydrogen-bond donors (Lipinski definition) is 2. The smallest absolute Gasteiger partial charge is 0.335 e. The summed E-state index contributed by atoms with van der Waals surface area (Å²) >= 11 is 0. The molecule has 8 rings (SSSR count). The molecule has 2 bridgehead atoms. The first kappa shape index (κ1) is 31.4. The summed E-state index contributed by atoms with van der Waals surface area (Å²) in [7, 11) is 2.43. The summed E-state index contributed by atoms with van der Waals surface area (Å²) < 4.78 is 54.0. The van der Waals surface area contributed by atoms with Crippen molar-refractivity contribution in [1.82, 2.24) is 0 Å². The summed E-state index contributed by atoms with van der Waals surface area (Å²) in [5.74, 6) is -5.38. The quantitative estimate of drug-likeness (QED) is 0.217. The van der Waals surface area contributed by atoms with Crippen LogP contribution in [0.5, 0.6) is 0 Å². The van der Waals surface area contributed by atoms with E-state index in [1.54, 1.807) is 13.0 Å². The summed E-state index contributed by atoms with van der Waals surface area (Å²) in [6, 6.07) is 0. The van der Waals surface area contributed by atoms with Crippen molar-refractivity contribution in [3.05, 3.63) is 12.3 Å². The second-order valence-corrected chi connectivity index (χ2v) is 14.8. The molecule has 3 saturated carbocycles. The topological polar surface area (TPSA) is 195 Å². The van der Waals surface area contributed by atoms with Gasteiger partial charge >= 0.3 is 23.9 Å². The molecule has 5 heterocycles. The van der Waals surface area contributed by atoms with E-state index in [1.165, 1.54) is 34.3 Å². The monoisotopic (exact) mass is 664 g/mol. The first-order valence-electron chi connectivity index (χ1n) is 16.0. The summed E-state index contributed by atoms with van der Waals surface area (Å²) in [5, 5.41) is 24.6. The van der Waals surface area contributed by atoms with E-state index < -0.39 is 118 Å². The number of aliphatic hydroxyl groups excluding tert-OH is 1. The van der Waals surface area contributed by atoms with Crippen LogP contribution in [0.3, 0.4) is 0 Å². The minimum Gasteiger partial charge on any atom is -0.469 e. The highest BCUT2D eigenvalue weighted by atomic mass is 16.7. The predicted octanol–water partition coefficient (Wildman–Crippen LogP) is -0.469. The van der Waals surface area contributed by atoms with Gasteiger partial charge in [0.15, 0.2) is 11.7 Å². The van der Waals surface area contributed by atoms with Gasteiger partial charge in [0.1, 0.15) is 28.8 Å². The fourth-order valence-corrected chi connectivity index (χ4v) is 11.9. The molecule has 258 valence electrons. The standard InChI is InChI=1S/C32H40O15/c1-13(33)44-16-10-17(45-14(2)34)30(25(37)40-6)12-42-19-22(30)29(16)11-43-20(24(36)39-5)21(29)27(3,23(19)35)32-18-9-15(28(32,4)47-32)31(38)7-8-41-26(31)46-18/h7-8,15-23,26,35,38H,9-12H2,1-6H3/t15-,16+,17-,18+,19-,20+,21+,22-,23-,26+,27+,28+,29-,30+,31+,32+/m1/s1. The zero-order chi connectivity index (χ0) is 33.7. The second kappa shape index (κ2) is 9.45. The van der Waals surface area contributed by atoms with Crippen molar-refractivity contribution >= 4 is 23.9 Å². The Bertz CT molecular complexity index is 1480. The third-order valence-corrected chi connectivity index (χ3v) is 13.4. The van der Waals surface area contributed by atoms with E-state index in [1.807, 2.05) is 6.92 Å². The molecule has 1 spiro atoms. The van der Waals surface area contributed by atoms with Crippen LogP contribution >= 0.6 is 0 Å². The highest BCUT2D eigenvalue weighted by molar-refractivity contribution is 5.81. The number of fused-ring (bicyclic) bond motifs is 7. The van der Waals surface area contributed by atoms with Gasteiger partial charge in [-0.05, 0) is 19.4 Å². The highest BCUT2D eigenvalue weighted by Crippen LogP contribution is 2.82. The average molecular weight is 665 g/mol. The van der Waals surface area contributed by atoms with Crippen LogP contribution in [0.2, 0.25) is 0 Å². The number of epoxide rings is 1. The molecule has 15 heteroatoms.